The number of hydrogen-bond donors (Lipinski definition) is 1. The lowest BCUT2D eigenvalue weighted by Crippen LogP contribution is -2.47. The van der Waals surface area contributed by atoms with Crippen molar-refractivity contribution in [1.29, 1.82) is 0 Å². The number of aryl methyl sites for hydroxylation is 2. The molecule has 3 unspecified atom stereocenters. The van der Waals surface area contributed by atoms with Crippen molar-refractivity contribution in [1.82, 2.24) is 24.6 Å². The third kappa shape index (κ3) is 5.89. The molecule has 248 valence electrons. The van der Waals surface area contributed by atoms with Gasteiger partial charge in [0.2, 0.25) is 5.91 Å². The standard InChI is InChI=1S/C36H37ClN6O4S/c1-20-21(2)48-36-33(20)34(24-5-9-25(37)10-6-24)38-29(35-40-39-22(3)43(35)36)18-32(46)41-16-15-26-17-27(41)19-42(26)31(45)14-13-30(44)23-7-11-28(47-4)12-8-23/h5-14,26-27,29,32,46H,15-19H2,1-4H3/b14-13+/t26?,27?,29-,32?/m0/s1. The minimum atomic E-state index is -0.817. The highest BCUT2D eigenvalue weighted by molar-refractivity contribution is 7.15. The predicted molar refractivity (Wildman–Crippen MR) is 186 cm³/mol. The number of benzene rings is 2. The summed E-state index contributed by atoms with van der Waals surface area (Å²) in [6.07, 6.45) is 3.69. The Labute approximate surface area is 288 Å². The van der Waals surface area contributed by atoms with Gasteiger partial charge in [0.15, 0.2) is 11.6 Å². The van der Waals surface area contributed by atoms with E-state index < -0.39 is 12.3 Å². The van der Waals surface area contributed by atoms with Crippen molar-refractivity contribution in [3.8, 4) is 10.8 Å². The molecule has 2 aromatic heterocycles. The molecule has 0 spiro atoms. The van der Waals surface area contributed by atoms with Crippen molar-refractivity contribution < 1.29 is 19.4 Å². The summed E-state index contributed by atoms with van der Waals surface area (Å²) in [7, 11) is 1.57. The van der Waals surface area contributed by atoms with Crippen molar-refractivity contribution in [2.45, 2.75) is 64.4 Å². The molecule has 7 rings (SSSR count). The Hall–Kier alpha value is -4.16. The Morgan fingerprint density at radius 2 is 1.81 bits per heavy atom. The molecule has 5 heterocycles. The molecule has 2 saturated heterocycles. The van der Waals surface area contributed by atoms with Gasteiger partial charge >= 0.3 is 0 Å². The first-order chi connectivity index (χ1) is 23.1. The predicted octanol–water partition coefficient (Wildman–Crippen LogP) is 5.63. The molecule has 10 nitrogen and oxygen atoms in total. The van der Waals surface area contributed by atoms with Crippen LogP contribution in [-0.4, -0.2) is 85.6 Å². The maximum atomic E-state index is 13.3. The van der Waals surface area contributed by atoms with Gasteiger partial charge in [0.05, 0.1) is 12.8 Å². The Morgan fingerprint density at radius 1 is 1.06 bits per heavy atom. The zero-order valence-corrected chi connectivity index (χ0v) is 28.8. The highest BCUT2D eigenvalue weighted by atomic mass is 35.5. The number of carbonyl (C=O) groups excluding carboxylic acids is 2. The van der Waals surface area contributed by atoms with Gasteiger partial charge in [-0.2, -0.15) is 0 Å². The fourth-order valence-electron chi connectivity index (χ4n) is 7.13. The summed E-state index contributed by atoms with van der Waals surface area (Å²) < 4.78 is 7.25. The minimum absolute atomic E-state index is 0.00926. The molecule has 2 aromatic carbocycles. The summed E-state index contributed by atoms with van der Waals surface area (Å²) in [6, 6.07) is 14.1. The van der Waals surface area contributed by atoms with E-state index in [-0.39, 0.29) is 23.8 Å². The number of halogens is 1. The summed E-state index contributed by atoms with van der Waals surface area (Å²) >= 11 is 7.95. The third-order valence-corrected chi connectivity index (χ3v) is 11.2. The second kappa shape index (κ2) is 13.0. The van der Waals surface area contributed by atoms with Crippen LogP contribution >= 0.6 is 22.9 Å². The van der Waals surface area contributed by atoms with E-state index in [1.54, 1.807) is 42.7 Å². The number of ether oxygens (including phenoxy) is 1. The fourth-order valence-corrected chi connectivity index (χ4v) is 8.47. The number of allylic oxidation sites excluding steroid dienone is 1. The Kier molecular flexibility index (Phi) is 8.80. The van der Waals surface area contributed by atoms with Gasteiger partial charge < -0.3 is 14.7 Å². The molecule has 4 aromatic rings. The molecule has 2 fully saturated rings. The number of hydrogen-bond acceptors (Lipinski definition) is 9. The number of amides is 1. The van der Waals surface area contributed by atoms with Gasteiger partial charge in [0.25, 0.3) is 0 Å². The van der Waals surface area contributed by atoms with Crippen LogP contribution in [0, 0.1) is 20.8 Å². The van der Waals surface area contributed by atoms with Crippen LogP contribution in [0.15, 0.2) is 65.7 Å². The zero-order valence-electron chi connectivity index (χ0n) is 27.3. The summed E-state index contributed by atoms with van der Waals surface area (Å²) in [5.74, 6) is 1.69. The lowest BCUT2D eigenvalue weighted by atomic mass is 9.99. The first kappa shape index (κ1) is 32.4. The van der Waals surface area contributed by atoms with E-state index in [9.17, 15) is 14.7 Å². The molecule has 4 atom stereocenters. The minimum Gasteiger partial charge on any atom is -0.497 e. The van der Waals surface area contributed by atoms with Gasteiger partial charge in [-0.3, -0.25) is 24.0 Å². The number of piperidine rings is 1. The second-order valence-electron chi connectivity index (χ2n) is 12.6. The van der Waals surface area contributed by atoms with Gasteiger partial charge in [-0.25, -0.2) is 0 Å². The monoisotopic (exact) mass is 684 g/mol. The molecule has 3 aliphatic rings. The highest BCUT2D eigenvalue weighted by Crippen LogP contribution is 2.41. The molecule has 0 saturated carbocycles. The third-order valence-electron chi connectivity index (χ3n) is 9.79. The molecular formula is C36H37ClN6O4S. The van der Waals surface area contributed by atoms with Crippen molar-refractivity contribution in [2.24, 2.45) is 4.99 Å². The molecule has 0 radical (unpaired) electrons. The van der Waals surface area contributed by atoms with E-state index in [0.717, 1.165) is 46.1 Å². The summed E-state index contributed by atoms with van der Waals surface area (Å²) in [6.45, 7) is 7.30. The normalized spacial score (nSPS) is 21.1. The van der Waals surface area contributed by atoms with E-state index in [1.165, 1.54) is 17.0 Å². The number of aliphatic hydroxyl groups is 1. The molecular weight excluding hydrogens is 648 g/mol. The first-order valence-electron chi connectivity index (χ1n) is 16.1. The number of likely N-dealkylation sites (tertiary alicyclic amines) is 2. The average molecular weight is 685 g/mol. The van der Waals surface area contributed by atoms with Crippen LogP contribution in [0.2, 0.25) is 5.02 Å². The number of thiophene rings is 1. The van der Waals surface area contributed by atoms with Crippen LogP contribution in [0.1, 0.15) is 68.9 Å². The van der Waals surface area contributed by atoms with Crippen molar-refractivity contribution in [3.05, 3.63) is 104 Å². The van der Waals surface area contributed by atoms with Crippen LogP contribution in [0.25, 0.3) is 5.00 Å². The number of ketones is 1. The number of aliphatic imine (C=N–C) groups is 1. The lowest BCUT2D eigenvalue weighted by molar-refractivity contribution is -0.126. The van der Waals surface area contributed by atoms with Crippen molar-refractivity contribution in [3.63, 3.8) is 0 Å². The van der Waals surface area contributed by atoms with E-state index in [1.807, 2.05) is 36.1 Å². The van der Waals surface area contributed by atoms with E-state index in [0.29, 0.717) is 41.7 Å². The highest BCUT2D eigenvalue weighted by Gasteiger charge is 2.44. The molecule has 3 aliphatic heterocycles. The van der Waals surface area contributed by atoms with Crippen LogP contribution in [0.3, 0.4) is 0 Å². The van der Waals surface area contributed by atoms with Crippen LogP contribution in [0.5, 0.6) is 5.75 Å². The molecule has 1 amide bonds. The van der Waals surface area contributed by atoms with Gasteiger partial charge in [-0.15, -0.1) is 21.5 Å². The number of carbonyl (C=O) groups is 2. The fraction of sp³-hybridized carbons (Fsp3) is 0.361. The van der Waals surface area contributed by atoms with E-state index in [4.69, 9.17) is 21.3 Å². The quantitative estimate of drug-likeness (QED) is 0.189. The number of aromatic nitrogens is 3. The summed E-state index contributed by atoms with van der Waals surface area (Å²) in [4.78, 5) is 36.4. The van der Waals surface area contributed by atoms with Gasteiger partial charge in [-0.1, -0.05) is 23.7 Å². The number of nitrogens with zero attached hydrogens (tertiary/aromatic N) is 6. The number of rotatable bonds is 8. The van der Waals surface area contributed by atoms with E-state index >= 15 is 0 Å². The van der Waals surface area contributed by atoms with E-state index in [2.05, 4.69) is 33.5 Å². The van der Waals surface area contributed by atoms with Crippen LogP contribution < -0.4 is 4.74 Å². The summed E-state index contributed by atoms with van der Waals surface area (Å²) in [5.41, 5.74) is 4.48. The van der Waals surface area contributed by atoms with Gasteiger partial charge in [-0.05, 0) is 81.7 Å². The van der Waals surface area contributed by atoms with Crippen LogP contribution in [-0.2, 0) is 4.79 Å². The van der Waals surface area contributed by atoms with Gasteiger partial charge in [0.1, 0.15) is 28.8 Å². The van der Waals surface area contributed by atoms with Crippen molar-refractivity contribution >= 4 is 40.3 Å². The molecule has 2 bridgehead atoms. The first-order valence-corrected chi connectivity index (χ1v) is 17.3. The van der Waals surface area contributed by atoms with Crippen LogP contribution in [0.4, 0.5) is 0 Å². The molecule has 1 N–H and O–H groups in total. The topological polar surface area (TPSA) is 113 Å². The molecule has 48 heavy (non-hydrogen) atoms. The number of aliphatic hydroxyl groups excluding tert-OH is 1. The molecule has 0 aliphatic carbocycles. The number of methoxy groups -OCH3 is 1. The maximum Gasteiger partial charge on any atom is 0.246 e. The Balaban J connectivity index is 1.11. The lowest BCUT2D eigenvalue weighted by Gasteiger charge is -2.36. The van der Waals surface area contributed by atoms with Gasteiger partial charge in [0, 0.05) is 64.3 Å². The SMILES string of the molecule is COc1ccc(C(=O)/C=C/C(=O)N2CC3CC2CCN3C(O)C[C@@H]2N=C(c3ccc(Cl)cc3)c3c(sc(C)c3C)-n3c(C)nnc32)cc1. The Morgan fingerprint density at radius 3 is 2.54 bits per heavy atom. The smallest absolute Gasteiger partial charge is 0.246 e. The average Bonchev–Trinajstić information content (AvgIpc) is 3.70. The zero-order chi connectivity index (χ0) is 33.7. The number of fused-ring (bicyclic) bond motifs is 5. The maximum absolute atomic E-state index is 13.3. The largest absolute Gasteiger partial charge is 0.497 e. The summed E-state index contributed by atoms with van der Waals surface area (Å²) in [5, 5.41) is 22.5. The van der Waals surface area contributed by atoms with Crippen molar-refractivity contribution in [2.75, 3.05) is 20.2 Å². The second-order valence-corrected chi connectivity index (χ2v) is 14.2. The molecule has 12 heteroatoms. The Bertz CT molecular complexity index is 1930.